The Kier molecular flexibility index (Phi) is 6.14. The summed E-state index contributed by atoms with van der Waals surface area (Å²) in [6, 6.07) is 3.57. The van der Waals surface area contributed by atoms with Crippen LogP contribution >= 0.6 is 0 Å². The number of nitrogens with zero attached hydrogens (tertiary/aromatic N) is 1. The van der Waals surface area contributed by atoms with Crippen molar-refractivity contribution in [2.24, 2.45) is 11.7 Å². The summed E-state index contributed by atoms with van der Waals surface area (Å²) >= 11 is 0. The van der Waals surface area contributed by atoms with Crippen molar-refractivity contribution in [1.29, 1.82) is 0 Å². The van der Waals surface area contributed by atoms with Crippen molar-refractivity contribution in [2.75, 3.05) is 25.0 Å². The number of nitrogens with one attached hydrogen (secondary N) is 2. The molecule has 0 spiro atoms. The zero-order valence-corrected chi connectivity index (χ0v) is 14.1. The average Bonchev–Trinajstić information content (AvgIpc) is 2.55. The lowest BCUT2D eigenvalue weighted by Crippen LogP contribution is -2.46. The van der Waals surface area contributed by atoms with E-state index >= 15 is 0 Å². The molecule has 132 valence electrons. The number of carbonyl (C=O) groups is 2. The molecule has 1 atom stereocenters. The second kappa shape index (κ2) is 8.10. The zero-order chi connectivity index (χ0) is 17.7. The second-order valence-electron chi connectivity index (χ2n) is 6.46. The van der Waals surface area contributed by atoms with Gasteiger partial charge in [0.25, 0.3) is 5.91 Å². The van der Waals surface area contributed by atoms with Crippen LogP contribution in [0.1, 0.15) is 37.0 Å². The highest BCUT2D eigenvalue weighted by molar-refractivity contribution is 5.96. The van der Waals surface area contributed by atoms with Gasteiger partial charge < -0.3 is 16.4 Å². The number of rotatable bonds is 5. The van der Waals surface area contributed by atoms with Crippen molar-refractivity contribution in [3.8, 4) is 0 Å². The Balaban J connectivity index is 1.83. The molecule has 1 aliphatic rings. The number of primary amides is 1. The van der Waals surface area contributed by atoms with Gasteiger partial charge in [-0.15, -0.1) is 0 Å². The number of halogens is 1. The number of likely N-dealkylation sites (tertiary alicyclic amines) is 1. The summed E-state index contributed by atoms with van der Waals surface area (Å²) in [5, 5.41) is 5.39. The van der Waals surface area contributed by atoms with Gasteiger partial charge in [-0.25, -0.2) is 9.18 Å². The molecule has 1 aromatic carbocycles. The minimum Gasteiger partial charge on any atom is -0.366 e. The molecular formula is C17H25FN4O2. The van der Waals surface area contributed by atoms with Crippen LogP contribution < -0.4 is 16.4 Å². The first-order chi connectivity index (χ1) is 11.4. The SMILES string of the molecule is CC1CCN(C(C)CNC(=O)Nc2ccc(F)c(C(N)=O)c2)CC1. The second-order valence-corrected chi connectivity index (χ2v) is 6.46. The van der Waals surface area contributed by atoms with Crippen LogP contribution in [0.15, 0.2) is 18.2 Å². The maximum atomic E-state index is 13.4. The van der Waals surface area contributed by atoms with Crippen molar-refractivity contribution in [3.05, 3.63) is 29.6 Å². The third-order valence-corrected chi connectivity index (χ3v) is 4.49. The van der Waals surface area contributed by atoms with Gasteiger partial charge >= 0.3 is 6.03 Å². The number of hydrogen-bond donors (Lipinski definition) is 3. The number of piperidine rings is 1. The lowest BCUT2D eigenvalue weighted by Gasteiger charge is -2.34. The molecule has 24 heavy (non-hydrogen) atoms. The van der Waals surface area contributed by atoms with Crippen LogP contribution in [0, 0.1) is 11.7 Å². The van der Waals surface area contributed by atoms with Crippen LogP contribution in [0.25, 0.3) is 0 Å². The van der Waals surface area contributed by atoms with Crippen LogP contribution in [0.2, 0.25) is 0 Å². The smallest absolute Gasteiger partial charge is 0.319 e. The van der Waals surface area contributed by atoms with E-state index in [0.29, 0.717) is 12.2 Å². The first-order valence-corrected chi connectivity index (χ1v) is 8.25. The molecule has 2 rings (SSSR count). The van der Waals surface area contributed by atoms with Crippen LogP contribution in [0.3, 0.4) is 0 Å². The van der Waals surface area contributed by atoms with E-state index in [1.54, 1.807) is 0 Å². The summed E-state index contributed by atoms with van der Waals surface area (Å²) in [6.45, 7) is 6.96. The van der Waals surface area contributed by atoms with Gasteiger partial charge in [-0.2, -0.15) is 0 Å². The lowest BCUT2D eigenvalue weighted by molar-refractivity contribution is 0.0996. The van der Waals surface area contributed by atoms with Crippen LogP contribution in [0.4, 0.5) is 14.9 Å². The summed E-state index contributed by atoms with van der Waals surface area (Å²) in [5.74, 6) is -0.812. The zero-order valence-electron chi connectivity index (χ0n) is 14.1. The van der Waals surface area contributed by atoms with E-state index in [1.807, 2.05) is 0 Å². The fraction of sp³-hybridized carbons (Fsp3) is 0.529. The number of nitrogens with two attached hydrogens (primary N) is 1. The number of urea groups is 1. The lowest BCUT2D eigenvalue weighted by atomic mass is 9.98. The van der Waals surface area contributed by atoms with Gasteiger partial charge in [0.1, 0.15) is 5.82 Å². The molecule has 7 heteroatoms. The predicted molar refractivity (Wildman–Crippen MR) is 91.4 cm³/mol. The van der Waals surface area contributed by atoms with E-state index in [2.05, 4.69) is 29.4 Å². The van der Waals surface area contributed by atoms with Gasteiger partial charge in [-0.1, -0.05) is 6.92 Å². The van der Waals surface area contributed by atoms with Crippen LogP contribution in [0.5, 0.6) is 0 Å². The Hall–Kier alpha value is -2.15. The molecule has 0 aliphatic carbocycles. The van der Waals surface area contributed by atoms with Crippen LogP contribution in [-0.2, 0) is 0 Å². The van der Waals surface area contributed by atoms with Crippen molar-refractivity contribution < 1.29 is 14.0 Å². The standard InChI is InChI=1S/C17H25FN4O2/c1-11-5-7-22(8-6-11)12(2)10-20-17(24)21-13-3-4-15(18)14(9-13)16(19)23/h3-4,9,11-12H,5-8,10H2,1-2H3,(H2,19,23)(H2,20,21,24). The van der Waals surface area contributed by atoms with Gasteiger partial charge in [0.2, 0.25) is 0 Å². The first-order valence-electron chi connectivity index (χ1n) is 8.25. The van der Waals surface area contributed by atoms with Gasteiger partial charge in [-0.3, -0.25) is 9.69 Å². The van der Waals surface area contributed by atoms with E-state index in [-0.39, 0.29) is 11.6 Å². The summed E-state index contributed by atoms with van der Waals surface area (Å²) < 4.78 is 13.4. The molecule has 3 amide bonds. The largest absolute Gasteiger partial charge is 0.366 e. The van der Waals surface area contributed by atoms with Crippen molar-refractivity contribution in [2.45, 2.75) is 32.7 Å². The predicted octanol–water partition coefficient (Wildman–Crippen LogP) is 2.17. The van der Waals surface area contributed by atoms with Gasteiger partial charge in [0, 0.05) is 18.3 Å². The van der Waals surface area contributed by atoms with E-state index < -0.39 is 17.8 Å². The summed E-state index contributed by atoms with van der Waals surface area (Å²) in [4.78, 5) is 25.5. The highest BCUT2D eigenvalue weighted by Crippen LogP contribution is 2.18. The Bertz CT molecular complexity index is 600. The molecule has 1 aliphatic heterocycles. The number of hydrogen-bond acceptors (Lipinski definition) is 3. The molecule has 1 aromatic rings. The van der Waals surface area contributed by atoms with Crippen molar-refractivity contribution >= 4 is 17.6 Å². The number of anilines is 1. The fourth-order valence-corrected chi connectivity index (χ4v) is 2.81. The fourth-order valence-electron chi connectivity index (χ4n) is 2.81. The quantitative estimate of drug-likeness (QED) is 0.770. The topological polar surface area (TPSA) is 87.5 Å². The maximum absolute atomic E-state index is 13.4. The molecule has 0 saturated carbocycles. The molecule has 1 fully saturated rings. The molecule has 1 heterocycles. The van der Waals surface area contributed by atoms with Crippen molar-refractivity contribution in [3.63, 3.8) is 0 Å². The summed E-state index contributed by atoms with van der Waals surface area (Å²) in [6.07, 6.45) is 2.37. The third-order valence-electron chi connectivity index (χ3n) is 4.49. The van der Waals surface area contributed by atoms with E-state index in [9.17, 15) is 14.0 Å². The first kappa shape index (κ1) is 18.2. The minimum absolute atomic E-state index is 0.247. The molecule has 0 aromatic heterocycles. The Morgan fingerprint density at radius 2 is 2.04 bits per heavy atom. The molecule has 6 nitrogen and oxygen atoms in total. The van der Waals surface area contributed by atoms with Gasteiger partial charge in [0.05, 0.1) is 5.56 Å². The third kappa shape index (κ3) is 4.92. The van der Waals surface area contributed by atoms with Crippen molar-refractivity contribution in [1.82, 2.24) is 10.2 Å². The monoisotopic (exact) mass is 336 g/mol. The molecule has 1 unspecified atom stereocenters. The summed E-state index contributed by atoms with van der Waals surface area (Å²) in [7, 11) is 0. The Morgan fingerprint density at radius 1 is 1.38 bits per heavy atom. The Labute approximate surface area is 141 Å². The number of carbonyl (C=O) groups excluding carboxylic acids is 2. The van der Waals surface area contributed by atoms with E-state index in [0.717, 1.165) is 25.1 Å². The summed E-state index contributed by atoms with van der Waals surface area (Å²) in [5.41, 5.74) is 5.17. The van der Waals surface area contributed by atoms with Gasteiger partial charge in [-0.05, 0) is 57.0 Å². The highest BCUT2D eigenvalue weighted by Gasteiger charge is 2.20. The molecule has 0 radical (unpaired) electrons. The molecule has 4 N–H and O–H groups in total. The molecule has 1 saturated heterocycles. The molecule has 0 bridgehead atoms. The molecular weight excluding hydrogens is 311 g/mol. The van der Waals surface area contributed by atoms with Crippen LogP contribution in [-0.4, -0.2) is 42.5 Å². The Morgan fingerprint density at radius 3 is 2.67 bits per heavy atom. The number of amides is 3. The minimum atomic E-state index is -0.871. The normalized spacial score (nSPS) is 17.3. The van der Waals surface area contributed by atoms with E-state index in [4.69, 9.17) is 5.73 Å². The average molecular weight is 336 g/mol. The number of benzene rings is 1. The van der Waals surface area contributed by atoms with Gasteiger partial charge in [0.15, 0.2) is 0 Å². The highest BCUT2D eigenvalue weighted by atomic mass is 19.1. The van der Waals surface area contributed by atoms with E-state index in [1.165, 1.54) is 25.0 Å². The maximum Gasteiger partial charge on any atom is 0.319 e.